The average molecular weight is 528 g/mol. The third-order valence-electron chi connectivity index (χ3n) is 5.75. The fourth-order valence-electron chi connectivity index (χ4n) is 3.87. The van der Waals surface area contributed by atoms with Crippen LogP contribution in [0.15, 0.2) is 72.8 Å². The largest absolute Gasteiger partial charge is 0.497 e. The number of ether oxygens (including phenoxy) is 3. The van der Waals surface area contributed by atoms with Gasteiger partial charge in [0, 0.05) is 18.7 Å². The van der Waals surface area contributed by atoms with Gasteiger partial charge < -0.3 is 24.4 Å². The van der Waals surface area contributed by atoms with Crippen molar-refractivity contribution in [2.75, 3.05) is 30.5 Å². The zero-order chi connectivity index (χ0) is 27.3. The molecule has 8 nitrogen and oxygen atoms in total. The number of benzene rings is 3. The van der Waals surface area contributed by atoms with Crippen LogP contribution in [0, 0.1) is 5.92 Å². The van der Waals surface area contributed by atoms with Gasteiger partial charge in [0.05, 0.1) is 24.3 Å². The lowest BCUT2D eigenvalue weighted by atomic mass is 10.1. The Balaban J connectivity index is 1.30. The predicted octanol–water partition coefficient (Wildman–Crippen LogP) is 5.04. The first-order chi connectivity index (χ1) is 18.1. The van der Waals surface area contributed by atoms with E-state index in [1.165, 1.54) is 17.0 Å². The van der Waals surface area contributed by atoms with Crippen LogP contribution in [0.4, 0.5) is 24.5 Å². The van der Waals surface area contributed by atoms with Crippen LogP contribution in [0.25, 0.3) is 0 Å². The molecule has 0 bridgehead atoms. The molecule has 0 radical (unpaired) electrons. The maximum Gasteiger partial charge on any atom is 0.418 e. The first kappa shape index (κ1) is 26.5. The lowest BCUT2D eigenvalue weighted by Gasteiger charge is -2.17. The molecule has 2 amide bonds. The summed E-state index contributed by atoms with van der Waals surface area (Å²) in [4.78, 5) is 38.5. The average Bonchev–Trinajstić information content (AvgIpc) is 3.29. The Morgan fingerprint density at radius 3 is 2.18 bits per heavy atom. The molecule has 1 aliphatic rings. The van der Waals surface area contributed by atoms with E-state index in [1.54, 1.807) is 55.6 Å². The molecular formula is C27H23F3N2O6. The van der Waals surface area contributed by atoms with Crippen LogP contribution in [0.3, 0.4) is 0 Å². The van der Waals surface area contributed by atoms with E-state index in [2.05, 4.69) is 5.32 Å². The SMILES string of the molecule is COc1ccc(Oc2ccc(N3C[C@H](C(=O)OCC(=O)Nc4ccccc4C(F)(F)F)CC3=O)cc2)cc1. The van der Waals surface area contributed by atoms with Gasteiger partial charge in [0.15, 0.2) is 6.61 Å². The Hall–Kier alpha value is -4.54. The summed E-state index contributed by atoms with van der Waals surface area (Å²) in [5.74, 6) is -1.01. The number of para-hydroxylation sites is 1. The fraction of sp³-hybridized carbons (Fsp3) is 0.222. The highest BCUT2D eigenvalue weighted by Crippen LogP contribution is 2.34. The summed E-state index contributed by atoms with van der Waals surface area (Å²) in [5, 5.41) is 2.10. The molecule has 1 heterocycles. The number of esters is 1. The van der Waals surface area contributed by atoms with E-state index in [4.69, 9.17) is 14.2 Å². The van der Waals surface area contributed by atoms with Gasteiger partial charge in [-0.2, -0.15) is 13.2 Å². The zero-order valence-corrected chi connectivity index (χ0v) is 20.2. The summed E-state index contributed by atoms with van der Waals surface area (Å²) in [7, 11) is 1.57. The molecule has 0 saturated carbocycles. The molecule has 1 fully saturated rings. The number of alkyl halides is 3. The molecule has 1 saturated heterocycles. The summed E-state index contributed by atoms with van der Waals surface area (Å²) in [5.41, 5.74) is -0.909. The molecule has 0 aromatic heterocycles. The minimum absolute atomic E-state index is 0.0366. The second-order valence-electron chi connectivity index (χ2n) is 8.38. The van der Waals surface area contributed by atoms with Crippen molar-refractivity contribution in [1.82, 2.24) is 0 Å². The Labute approximate surface area is 215 Å². The quantitative estimate of drug-likeness (QED) is 0.412. The second-order valence-corrected chi connectivity index (χ2v) is 8.38. The summed E-state index contributed by atoms with van der Waals surface area (Å²) < 4.78 is 55.1. The van der Waals surface area contributed by atoms with E-state index in [-0.39, 0.29) is 18.9 Å². The second kappa shape index (κ2) is 11.2. The van der Waals surface area contributed by atoms with Gasteiger partial charge in [0.25, 0.3) is 5.91 Å². The van der Waals surface area contributed by atoms with Crippen LogP contribution in [-0.2, 0) is 25.3 Å². The standard InChI is InChI=1S/C27H23F3N2O6/c1-36-19-10-12-21(13-11-19)38-20-8-6-18(7-9-20)32-15-17(14-25(32)34)26(35)37-16-24(33)31-23-5-3-2-4-22(23)27(28,29)30/h2-13,17H,14-16H2,1H3,(H,31,33)/t17-/m1/s1. The molecule has 11 heteroatoms. The van der Waals surface area contributed by atoms with Gasteiger partial charge in [0.1, 0.15) is 17.2 Å². The number of nitrogens with one attached hydrogen (secondary N) is 1. The maximum absolute atomic E-state index is 13.1. The Morgan fingerprint density at radius 1 is 0.947 bits per heavy atom. The monoisotopic (exact) mass is 528 g/mol. The molecule has 0 aliphatic carbocycles. The van der Waals surface area contributed by atoms with Crippen LogP contribution in [0.2, 0.25) is 0 Å². The van der Waals surface area contributed by atoms with Crippen LogP contribution in [-0.4, -0.2) is 38.0 Å². The number of nitrogens with zero attached hydrogens (tertiary/aromatic N) is 1. The van der Waals surface area contributed by atoms with Gasteiger partial charge in [-0.15, -0.1) is 0 Å². The Kier molecular flexibility index (Phi) is 7.85. The highest BCUT2D eigenvalue weighted by Gasteiger charge is 2.37. The lowest BCUT2D eigenvalue weighted by molar-refractivity contribution is -0.151. The number of halogens is 3. The maximum atomic E-state index is 13.1. The van der Waals surface area contributed by atoms with E-state index in [9.17, 15) is 27.6 Å². The molecular weight excluding hydrogens is 505 g/mol. The minimum Gasteiger partial charge on any atom is -0.497 e. The number of carbonyl (C=O) groups is 3. The highest BCUT2D eigenvalue weighted by molar-refractivity contribution is 6.00. The molecule has 0 spiro atoms. The number of hydrogen-bond acceptors (Lipinski definition) is 6. The van der Waals surface area contributed by atoms with Gasteiger partial charge in [-0.05, 0) is 60.7 Å². The molecule has 4 rings (SSSR count). The number of anilines is 2. The van der Waals surface area contributed by atoms with E-state index >= 15 is 0 Å². The topological polar surface area (TPSA) is 94.2 Å². The number of methoxy groups -OCH3 is 1. The fourth-order valence-corrected chi connectivity index (χ4v) is 3.87. The molecule has 1 atom stereocenters. The summed E-state index contributed by atoms with van der Waals surface area (Å²) >= 11 is 0. The first-order valence-corrected chi connectivity index (χ1v) is 11.5. The van der Waals surface area contributed by atoms with Crippen molar-refractivity contribution in [3.8, 4) is 17.2 Å². The molecule has 1 aliphatic heterocycles. The number of amides is 2. The number of carbonyl (C=O) groups excluding carboxylic acids is 3. The van der Waals surface area contributed by atoms with E-state index in [0.717, 1.165) is 12.1 Å². The predicted molar refractivity (Wildman–Crippen MR) is 131 cm³/mol. The van der Waals surface area contributed by atoms with Crippen molar-refractivity contribution in [3.05, 3.63) is 78.4 Å². The smallest absolute Gasteiger partial charge is 0.418 e. The normalized spacial score (nSPS) is 15.2. The summed E-state index contributed by atoms with van der Waals surface area (Å²) in [6.45, 7) is -0.748. The van der Waals surface area contributed by atoms with Crippen molar-refractivity contribution in [2.24, 2.45) is 5.92 Å². The third-order valence-corrected chi connectivity index (χ3v) is 5.75. The van der Waals surface area contributed by atoms with Crippen molar-refractivity contribution in [2.45, 2.75) is 12.6 Å². The molecule has 0 unspecified atom stereocenters. The van der Waals surface area contributed by atoms with Crippen molar-refractivity contribution >= 4 is 29.2 Å². The Bertz CT molecular complexity index is 1310. The molecule has 38 heavy (non-hydrogen) atoms. The van der Waals surface area contributed by atoms with Gasteiger partial charge in [-0.25, -0.2) is 0 Å². The van der Waals surface area contributed by atoms with Crippen LogP contribution in [0.1, 0.15) is 12.0 Å². The van der Waals surface area contributed by atoms with Gasteiger partial charge >= 0.3 is 12.1 Å². The first-order valence-electron chi connectivity index (χ1n) is 11.5. The van der Waals surface area contributed by atoms with E-state index in [1.807, 2.05) is 0 Å². The summed E-state index contributed by atoms with van der Waals surface area (Å²) in [6, 6.07) is 18.2. The van der Waals surface area contributed by atoms with Crippen molar-refractivity contribution in [1.29, 1.82) is 0 Å². The van der Waals surface area contributed by atoms with E-state index in [0.29, 0.717) is 22.9 Å². The van der Waals surface area contributed by atoms with Gasteiger partial charge in [-0.1, -0.05) is 12.1 Å². The molecule has 3 aromatic carbocycles. The van der Waals surface area contributed by atoms with Gasteiger partial charge in [-0.3, -0.25) is 14.4 Å². The van der Waals surface area contributed by atoms with Crippen LogP contribution < -0.4 is 19.7 Å². The lowest BCUT2D eigenvalue weighted by Crippen LogP contribution is -2.28. The number of rotatable bonds is 8. The molecule has 198 valence electrons. The highest BCUT2D eigenvalue weighted by atomic mass is 19.4. The van der Waals surface area contributed by atoms with Crippen LogP contribution >= 0.6 is 0 Å². The van der Waals surface area contributed by atoms with Crippen molar-refractivity contribution < 1.29 is 41.8 Å². The molecule has 1 N–H and O–H groups in total. The van der Waals surface area contributed by atoms with Crippen LogP contribution in [0.5, 0.6) is 17.2 Å². The number of hydrogen-bond donors (Lipinski definition) is 1. The third kappa shape index (κ3) is 6.41. The van der Waals surface area contributed by atoms with E-state index < -0.39 is 41.8 Å². The van der Waals surface area contributed by atoms with Gasteiger partial charge in [0.2, 0.25) is 5.91 Å². The molecule has 3 aromatic rings. The summed E-state index contributed by atoms with van der Waals surface area (Å²) in [6.07, 6.45) is -4.78. The Morgan fingerprint density at radius 2 is 1.55 bits per heavy atom. The zero-order valence-electron chi connectivity index (χ0n) is 20.2. The minimum atomic E-state index is -4.66. The van der Waals surface area contributed by atoms with Crippen molar-refractivity contribution in [3.63, 3.8) is 0 Å².